The molecule has 1 aliphatic rings. The molecule has 2 N–H and O–H groups in total. The third-order valence-electron chi connectivity index (χ3n) is 3.24. The molecule has 1 aromatic carbocycles. The van der Waals surface area contributed by atoms with Crippen LogP contribution in [0.2, 0.25) is 0 Å². The molecule has 1 atom stereocenters. The number of carbonyl (C=O) groups is 2. The Labute approximate surface area is 152 Å². The summed E-state index contributed by atoms with van der Waals surface area (Å²) in [6.45, 7) is 5.65. The summed E-state index contributed by atoms with van der Waals surface area (Å²) in [7, 11) is 0. The Hall–Kier alpha value is -1.61. The zero-order valence-electron chi connectivity index (χ0n) is 14.0. The number of hydrogen-bond donors (Lipinski definition) is 2. The van der Waals surface area contributed by atoms with Crippen LogP contribution in [0, 0.1) is 5.82 Å². The summed E-state index contributed by atoms with van der Waals surface area (Å²) >= 11 is 3.11. The molecule has 25 heavy (non-hydrogen) atoms. The Kier molecular flexibility index (Phi) is 7.43. The number of alkyl halides is 2. The molecule has 0 spiro atoms. The Morgan fingerprint density at radius 3 is 2.44 bits per heavy atom. The molecule has 1 fully saturated rings. The second-order valence-corrected chi connectivity index (χ2v) is 7.29. The highest BCUT2D eigenvalue weighted by atomic mass is 79.9. The van der Waals surface area contributed by atoms with Gasteiger partial charge in [0.15, 0.2) is 0 Å². The van der Waals surface area contributed by atoms with Crippen molar-refractivity contribution in [3.05, 3.63) is 34.1 Å². The first-order valence-electron chi connectivity index (χ1n) is 7.38. The predicted octanol–water partition coefficient (Wildman–Crippen LogP) is 2.73. The Bertz CT molecular complexity index is 623. The second-order valence-electron chi connectivity index (χ2n) is 6.37. The number of benzene rings is 1. The lowest BCUT2D eigenvalue weighted by Gasteiger charge is -2.38. The van der Waals surface area contributed by atoms with E-state index < -0.39 is 23.7 Å². The van der Waals surface area contributed by atoms with Crippen LogP contribution in [0.25, 0.3) is 0 Å². The Balaban J connectivity index is 0.000000381. The number of amides is 1. The van der Waals surface area contributed by atoms with Crippen molar-refractivity contribution in [2.45, 2.75) is 38.3 Å². The van der Waals surface area contributed by atoms with E-state index in [-0.39, 0.29) is 24.3 Å². The summed E-state index contributed by atoms with van der Waals surface area (Å²) in [5, 5.41) is 4.78. The molecule has 1 aliphatic heterocycles. The summed E-state index contributed by atoms with van der Waals surface area (Å²) in [5.74, 6) is -1.36. The van der Waals surface area contributed by atoms with Gasteiger partial charge in [-0.2, -0.15) is 0 Å². The maximum absolute atomic E-state index is 13.8. The third kappa shape index (κ3) is 6.00. The lowest BCUT2D eigenvalue weighted by atomic mass is 9.88. The highest BCUT2D eigenvalue weighted by Crippen LogP contribution is 2.33. The van der Waals surface area contributed by atoms with Crippen LogP contribution >= 0.6 is 15.9 Å². The molecule has 0 radical (unpaired) electrons. The molecule has 1 amide bonds. The van der Waals surface area contributed by atoms with E-state index in [1.54, 1.807) is 0 Å². The van der Waals surface area contributed by atoms with Crippen LogP contribution in [0.1, 0.15) is 26.3 Å². The van der Waals surface area contributed by atoms with Gasteiger partial charge < -0.3 is 15.4 Å². The zero-order valence-corrected chi connectivity index (χ0v) is 15.6. The fraction of sp³-hybridized carbons (Fsp3) is 0.500. The molecular formula is C16H20BrF3N2O3. The van der Waals surface area contributed by atoms with Crippen LogP contribution in [0.5, 0.6) is 0 Å². The molecular weight excluding hydrogens is 405 g/mol. The van der Waals surface area contributed by atoms with Crippen LogP contribution in [0.3, 0.4) is 0 Å². The minimum Gasteiger partial charge on any atom is -0.462 e. The number of halogens is 4. The minimum absolute atomic E-state index is 0.0515. The largest absolute Gasteiger partial charge is 0.462 e. The first kappa shape index (κ1) is 21.4. The number of piperazine rings is 1. The van der Waals surface area contributed by atoms with Gasteiger partial charge in [0.05, 0.1) is 6.54 Å². The molecule has 0 bridgehead atoms. The van der Waals surface area contributed by atoms with Gasteiger partial charge in [-0.25, -0.2) is 13.2 Å². The highest BCUT2D eigenvalue weighted by Gasteiger charge is 2.46. The van der Waals surface area contributed by atoms with Crippen molar-refractivity contribution in [2.24, 2.45) is 0 Å². The van der Waals surface area contributed by atoms with Gasteiger partial charge in [0.25, 0.3) is 12.9 Å². The summed E-state index contributed by atoms with van der Waals surface area (Å²) < 4.78 is 45.4. The van der Waals surface area contributed by atoms with E-state index in [1.807, 2.05) is 20.8 Å². The van der Waals surface area contributed by atoms with Crippen LogP contribution < -0.4 is 10.6 Å². The van der Waals surface area contributed by atoms with Crippen molar-refractivity contribution in [1.29, 1.82) is 0 Å². The van der Waals surface area contributed by atoms with Crippen molar-refractivity contribution < 1.29 is 27.5 Å². The Morgan fingerprint density at radius 2 is 2.00 bits per heavy atom. The SMILES string of the molecule is CC(C)(C)OC=O.O=C1CNCC(c2cc(Br)ccc2F)(C(F)F)N1. The van der Waals surface area contributed by atoms with E-state index in [4.69, 9.17) is 0 Å². The normalized spacial score (nSPS) is 20.4. The van der Waals surface area contributed by atoms with E-state index in [0.717, 1.165) is 6.07 Å². The van der Waals surface area contributed by atoms with Gasteiger partial charge in [-0.05, 0) is 39.0 Å². The molecule has 2 rings (SSSR count). The first-order valence-corrected chi connectivity index (χ1v) is 8.18. The van der Waals surface area contributed by atoms with Gasteiger partial charge in [-0.15, -0.1) is 0 Å². The van der Waals surface area contributed by atoms with E-state index >= 15 is 0 Å². The van der Waals surface area contributed by atoms with Crippen LogP contribution in [0.4, 0.5) is 13.2 Å². The molecule has 0 aliphatic carbocycles. The molecule has 0 aromatic heterocycles. The van der Waals surface area contributed by atoms with E-state index in [1.165, 1.54) is 12.1 Å². The zero-order chi connectivity index (χ0) is 19.3. The molecule has 1 heterocycles. The highest BCUT2D eigenvalue weighted by molar-refractivity contribution is 9.10. The van der Waals surface area contributed by atoms with E-state index in [2.05, 4.69) is 31.3 Å². The number of nitrogens with one attached hydrogen (secondary N) is 2. The molecule has 5 nitrogen and oxygen atoms in total. The van der Waals surface area contributed by atoms with Gasteiger partial charge in [0, 0.05) is 16.6 Å². The minimum atomic E-state index is -2.92. The molecule has 1 aromatic rings. The van der Waals surface area contributed by atoms with Gasteiger partial charge in [-0.1, -0.05) is 15.9 Å². The summed E-state index contributed by atoms with van der Waals surface area (Å²) in [6, 6.07) is 3.76. The molecule has 9 heteroatoms. The molecule has 0 saturated carbocycles. The molecule has 140 valence electrons. The van der Waals surface area contributed by atoms with E-state index in [0.29, 0.717) is 10.9 Å². The van der Waals surface area contributed by atoms with E-state index in [9.17, 15) is 22.8 Å². The van der Waals surface area contributed by atoms with Crippen molar-refractivity contribution in [3.63, 3.8) is 0 Å². The summed E-state index contributed by atoms with van der Waals surface area (Å²) in [4.78, 5) is 20.9. The predicted molar refractivity (Wildman–Crippen MR) is 89.7 cm³/mol. The fourth-order valence-electron chi connectivity index (χ4n) is 2.11. The number of ether oxygens (including phenoxy) is 1. The topological polar surface area (TPSA) is 67.4 Å². The third-order valence-corrected chi connectivity index (χ3v) is 3.73. The van der Waals surface area contributed by atoms with Crippen LogP contribution in [-0.4, -0.2) is 37.5 Å². The van der Waals surface area contributed by atoms with Gasteiger partial charge in [0.1, 0.15) is 17.0 Å². The molecule has 1 unspecified atom stereocenters. The average molecular weight is 425 g/mol. The molecule has 1 saturated heterocycles. The van der Waals surface area contributed by atoms with Crippen molar-refractivity contribution in [2.75, 3.05) is 13.1 Å². The van der Waals surface area contributed by atoms with Crippen molar-refractivity contribution >= 4 is 28.3 Å². The monoisotopic (exact) mass is 424 g/mol. The van der Waals surface area contributed by atoms with Crippen molar-refractivity contribution in [3.8, 4) is 0 Å². The quantitative estimate of drug-likeness (QED) is 0.732. The Morgan fingerprint density at radius 1 is 1.36 bits per heavy atom. The fourth-order valence-corrected chi connectivity index (χ4v) is 2.47. The smallest absolute Gasteiger partial charge is 0.293 e. The van der Waals surface area contributed by atoms with Crippen molar-refractivity contribution in [1.82, 2.24) is 10.6 Å². The lowest BCUT2D eigenvalue weighted by molar-refractivity contribution is -0.138. The summed E-state index contributed by atoms with van der Waals surface area (Å²) in [5.41, 5.74) is -2.57. The standard InChI is InChI=1S/C11H10BrF3N2O.C5H10O2/c12-6-1-2-8(13)7(3-6)11(10(14)15)5-16-4-9(18)17-11;1-5(2,3)7-4-6/h1-3,10,16H,4-5H2,(H,17,18);4H,1-3H3. The van der Waals surface area contributed by atoms with Crippen LogP contribution in [-0.2, 0) is 19.9 Å². The van der Waals surface area contributed by atoms with Crippen LogP contribution in [0.15, 0.2) is 22.7 Å². The number of hydrogen-bond acceptors (Lipinski definition) is 4. The maximum atomic E-state index is 13.8. The first-order chi connectivity index (χ1) is 11.5. The van der Waals surface area contributed by atoms with Gasteiger partial charge in [-0.3, -0.25) is 9.59 Å². The average Bonchev–Trinajstić information content (AvgIpc) is 2.49. The summed E-state index contributed by atoms with van der Waals surface area (Å²) in [6.07, 6.45) is -2.92. The maximum Gasteiger partial charge on any atom is 0.293 e. The van der Waals surface area contributed by atoms with Gasteiger partial charge >= 0.3 is 0 Å². The van der Waals surface area contributed by atoms with Gasteiger partial charge in [0.2, 0.25) is 5.91 Å². The number of carbonyl (C=O) groups excluding carboxylic acids is 2. The lowest BCUT2D eigenvalue weighted by Crippen LogP contribution is -2.63. The number of rotatable bonds is 3. The second kappa shape index (κ2) is 8.66.